The van der Waals surface area contributed by atoms with E-state index in [4.69, 9.17) is 4.74 Å². The zero-order chi connectivity index (χ0) is 24.0. The summed E-state index contributed by atoms with van der Waals surface area (Å²) in [7, 11) is 1.12. The second-order valence-corrected chi connectivity index (χ2v) is 7.88. The quantitative estimate of drug-likeness (QED) is 0.492. The second-order valence-electron chi connectivity index (χ2n) is 7.88. The summed E-state index contributed by atoms with van der Waals surface area (Å²) < 4.78 is 75.4. The summed E-state index contributed by atoms with van der Waals surface area (Å²) in [4.78, 5) is 8.06. The van der Waals surface area contributed by atoms with Crippen molar-refractivity contribution in [3.8, 4) is 17.1 Å². The van der Waals surface area contributed by atoms with Crippen LogP contribution in [0.4, 0.5) is 27.8 Å². The summed E-state index contributed by atoms with van der Waals surface area (Å²) in [5, 5.41) is 20.1. The van der Waals surface area contributed by atoms with Gasteiger partial charge in [-0.2, -0.15) is 18.3 Å². The number of ether oxygens (including phenoxy) is 1. The van der Waals surface area contributed by atoms with Crippen molar-refractivity contribution < 1.29 is 31.8 Å². The van der Waals surface area contributed by atoms with Gasteiger partial charge in [-0.15, -0.1) is 0 Å². The zero-order valence-corrected chi connectivity index (χ0v) is 17.7. The van der Waals surface area contributed by atoms with Crippen LogP contribution >= 0.6 is 0 Å². The maximum absolute atomic E-state index is 14.7. The predicted octanol–water partition coefficient (Wildman–Crippen LogP) is 3.01. The van der Waals surface area contributed by atoms with Gasteiger partial charge in [0, 0.05) is 24.7 Å². The molecule has 178 valence electrons. The van der Waals surface area contributed by atoms with Crippen LogP contribution in [0.3, 0.4) is 0 Å². The first-order valence-electron chi connectivity index (χ1n) is 10.1. The molecule has 3 N–H and O–H groups in total. The number of imidazole rings is 1. The molecule has 1 aliphatic heterocycles. The summed E-state index contributed by atoms with van der Waals surface area (Å²) in [6, 6.07) is 1.63. The third kappa shape index (κ3) is 4.17. The summed E-state index contributed by atoms with van der Waals surface area (Å²) in [5.41, 5.74) is -4.71. The fourth-order valence-electron chi connectivity index (χ4n) is 3.60. The van der Waals surface area contributed by atoms with Crippen molar-refractivity contribution in [2.24, 2.45) is 0 Å². The standard InChI is InChI=1S/C20H21F5N6O2/c1-19(32,20(23,24)25)17-14(33-2)7-15-27-9-13(31(15)30-17)16-11(21)6-12(22)18(29-16)28-10-4-3-5-26-8-10/h6-7,9-10,26,32H,3-5,8H2,1-2H3,(H,28,29)/t10-,19-/m1/s1. The highest BCUT2D eigenvalue weighted by Crippen LogP contribution is 2.41. The highest BCUT2D eigenvalue weighted by molar-refractivity contribution is 5.63. The number of fused-ring (bicyclic) bond motifs is 1. The molecule has 0 aromatic carbocycles. The smallest absolute Gasteiger partial charge is 0.422 e. The molecule has 33 heavy (non-hydrogen) atoms. The van der Waals surface area contributed by atoms with Gasteiger partial charge in [0.25, 0.3) is 0 Å². The molecule has 13 heteroatoms. The van der Waals surface area contributed by atoms with Gasteiger partial charge in [-0.25, -0.2) is 23.3 Å². The van der Waals surface area contributed by atoms with E-state index in [1.165, 1.54) is 0 Å². The van der Waals surface area contributed by atoms with Crippen molar-refractivity contribution in [2.75, 3.05) is 25.5 Å². The Hall–Kier alpha value is -3.06. The van der Waals surface area contributed by atoms with Crippen molar-refractivity contribution in [1.29, 1.82) is 0 Å². The van der Waals surface area contributed by atoms with Gasteiger partial charge in [0.2, 0.25) is 5.60 Å². The maximum Gasteiger partial charge on any atom is 0.422 e. The number of rotatable bonds is 5. The van der Waals surface area contributed by atoms with Crippen LogP contribution in [0.1, 0.15) is 25.5 Å². The molecule has 1 fully saturated rings. The van der Waals surface area contributed by atoms with E-state index in [0.29, 0.717) is 19.5 Å². The van der Waals surface area contributed by atoms with Gasteiger partial charge in [-0.3, -0.25) is 0 Å². The van der Waals surface area contributed by atoms with E-state index in [2.05, 4.69) is 25.7 Å². The number of methoxy groups -OCH3 is 1. The van der Waals surface area contributed by atoms with E-state index in [9.17, 15) is 27.1 Å². The lowest BCUT2D eigenvalue weighted by molar-refractivity contribution is -0.261. The lowest BCUT2D eigenvalue weighted by Crippen LogP contribution is -2.40. The van der Waals surface area contributed by atoms with Crippen LogP contribution in [0.2, 0.25) is 0 Å². The number of piperidine rings is 1. The van der Waals surface area contributed by atoms with Crippen LogP contribution in [-0.4, -0.2) is 57.1 Å². The highest BCUT2D eigenvalue weighted by atomic mass is 19.4. The van der Waals surface area contributed by atoms with Crippen molar-refractivity contribution >= 4 is 11.5 Å². The van der Waals surface area contributed by atoms with Crippen LogP contribution in [0.5, 0.6) is 5.75 Å². The van der Waals surface area contributed by atoms with Crippen molar-refractivity contribution in [2.45, 2.75) is 37.6 Å². The van der Waals surface area contributed by atoms with Gasteiger partial charge in [0.05, 0.1) is 13.3 Å². The van der Waals surface area contributed by atoms with E-state index >= 15 is 0 Å². The first-order chi connectivity index (χ1) is 15.5. The van der Waals surface area contributed by atoms with E-state index in [1.54, 1.807) is 0 Å². The van der Waals surface area contributed by atoms with Crippen molar-refractivity contribution in [3.63, 3.8) is 0 Å². The molecule has 1 saturated heterocycles. The Kier molecular flexibility index (Phi) is 5.86. The minimum Gasteiger partial charge on any atom is -0.495 e. The number of pyridine rings is 1. The average molecular weight is 472 g/mol. The molecule has 0 aliphatic carbocycles. The molecule has 0 saturated carbocycles. The fourth-order valence-corrected chi connectivity index (χ4v) is 3.60. The summed E-state index contributed by atoms with van der Waals surface area (Å²) in [6.07, 6.45) is -2.31. The van der Waals surface area contributed by atoms with E-state index < -0.39 is 29.1 Å². The van der Waals surface area contributed by atoms with Crippen LogP contribution < -0.4 is 15.4 Å². The Morgan fingerprint density at radius 2 is 2.00 bits per heavy atom. The molecular formula is C20H21F5N6O2. The maximum atomic E-state index is 14.7. The number of halogens is 5. The molecule has 1 aliphatic rings. The van der Waals surface area contributed by atoms with Crippen LogP contribution in [0.15, 0.2) is 18.3 Å². The molecule has 0 bridgehead atoms. The summed E-state index contributed by atoms with van der Waals surface area (Å²) >= 11 is 0. The van der Waals surface area contributed by atoms with Gasteiger partial charge >= 0.3 is 6.18 Å². The molecule has 3 aromatic rings. The number of hydrogen-bond donors (Lipinski definition) is 3. The van der Waals surface area contributed by atoms with E-state index in [0.717, 1.165) is 43.3 Å². The average Bonchev–Trinajstić information content (AvgIpc) is 3.17. The number of alkyl halides is 3. The lowest BCUT2D eigenvalue weighted by Gasteiger charge is -2.27. The largest absolute Gasteiger partial charge is 0.495 e. The third-order valence-electron chi connectivity index (χ3n) is 5.50. The first kappa shape index (κ1) is 23.1. The number of aliphatic hydroxyl groups is 1. The lowest BCUT2D eigenvalue weighted by atomic mass is 10.0. The molecule has 3 aromatic heterocycles. The monoisotopic (exact) mass is 472 g/mol. The third-order valence-corrected chi connectivity index (χ3v) is 5.50. The summed E-state index contributed by atoms with van der Waals surface area (Å²) in [5.74, 6) is -2.53. The molecular weight excluding hydrogens is 451 g/mol. The molecule has 2 atom stereocenters. The Bertz CT molecular complexity index is 1170. The molecule has 4 rings (SSSR count). The van der Waals surface area contributed by atoms with Crippen LogP contribution in [0.25, 0.3) is 17.0 Å². The van der Waals surface area contributed by atoms with Gasteiger partial charge in [0.1, 0.15) is 22.8 Å². The molecule has 8 nitrogen and oxygen atoms in total. The predicted molar refractivity (Wildman–Crippen MR) is 108 cm³/mol. The molecule has 0 amide bonds. The van der Waals surface area contributed by atoms with Gasteiger partial charge in [0.15, 0.2) is 23.1 Å². The summed E-state index contributed by atoms with van der Waals surface area (Å²) in [6.45, 7) is 1.93. The Morgan fingerprint density at radius 3 is 2.64 bits per heavy atom. The SMILES string of the molecule is COc1cc2ncc(-c3nc(N[C@@H]4CCCNC4)c(F)cc3F)n2nc1[C@@](C)(O)C(F)(F)F. The molecule has 0 radical (unpaired) electrons. The van der Waals surface area contributed by atoms with Gasteiger partial charge < -0.3 is 20.5 Å². The Labute approximate surface area is 184 Å². The number of nitrogens with one attached hydrogen (secondary N) is 2. The van der Waals surface area contributed by atoms with Crippen LogP contribution in [0, 0.1) is 11.6 Å². The van der Waals surface area contributed by atoms with Gasteiger partial charge in [-0.05, 0) is 26.3 Å². The molecule has 0 spiro atoms. The first-order valence-corrected chi connectivity index (χ1v) is 10.1. The number of hydrogen-bond acceptors (Lipinski definition) is 7. The number of aromatic nitrogens is 4. The van der Waals surface area contributed by atoms with E-state index in [1.807, 2.05) is 0 Å². The highest BCUT2D eigenvalue weighted by Gasteiger charge is 2.54. The van der Waals surface area contributed by atoms with E-state index in [-0.39, 0.29) is 34.6 Å². The topological polar surface area (TPSA) is 96.6 Å². The van der Waals surface area contributed by atoms with Crippen molar-refractivity contribution in [3.05, 3.63) is 35.7 Å². The number of anilines is 1. The van der Waals surface area contributed by atoms with Crippen molar-refractivity contribution in [1.82, 2.24) is 24.9 Å². The minimum atomic E-state index is -5.08. The normalized spacial score (nSPS) is 18.8. The minimum absolute atomic E-state index is 0.0140. The Morgan fingerprint density at radius 1 is 1.24 bits per heavy atom. The molecule has 0 unspecified atom stereocenters. The number of nitrogens with zero attached hydrogens (tertiary/aromatic N) is 4. The zero-order valence-electron chi connectivity index (χ0n) is 17.7. The second kappa shape index (κ2) is 8.37. The Balaban J connectivity index is 1.83. The van der Waals surface area contributed by atoms with Gasteiger partial charge in [-0.1, -0.05) is 0 Å². The van der Waals surface area contributed by atoms with Crippen LogP contribution in [-0.2, 0) is 5.60 Å². The molecule has 4 heterocycles. The fraction of sp³-hybridized carbons (Fsp3) is 0.450.